The van der Waals surface area contributed by atoms with E-state index in [1.165, 1.54) is 31.3 Å². The quantitative estimate of drug-likeness (QED) is 0.320. The molecule has 4 heteroatoms. The van der Waals surface area contributed by atoms with Crippen LogP contribution in [0.2, 0.25) is 0 Å². The Hall–Kier alpha value is -1.23. The smallest absolute Gasteiger partial charge is 0.141 e. The molecule has 6 atom stereocenters. The molecule has 0 aromatic rings. The molecule has 0 bridgehead atoms. The minimum Gasteiger partial charge on any atom is -0.393 e. The zero-order valence-electron chi connectivity index (χ0n) is 23.1. The van der Waals surface area contributed by atoms with Gasteiger partial charge in [-0.3, -0.25) is 4.79 Å². The third kappa shape index (κ3) is 5.61. The first-order chi connectivity index (χ1) is 17.0. The molecule has 0 aromatic carbocycles. The molecule has 0 spiro atoms. The number of allylic oxidation sites excluding steroid dienone is 4. The van der Waals surface area contributed by atoms with Gasteiger partial charge < -0.3 is 15.3 Å². The van der Waals surface area contributed by atoms with Crippen molar-refractivity contribution in [2.45, 2.75) is 129 Å². The van der Waals surface area contributed by atoms with Gasteiger partial charge in [-0.15, -0.1) is 0 Å². The van der Waals surface area contributed by atoms with Crippen LogP contribution in [0.5, 0.6) is 0 Å². The number of Topliss-reactive ketones (excluding diaryl/α,β-unsaturated/α-hetero) is 1. The summed E-state index contributed by atoms with van der Waals surface area (Å²) in [6, 6.07) is 0. The summed E-state index contributed by atoms with van der Waals surface area (Å²) in [7, 11) is 0. The molecule has 0 aromatic heterocycles. The van der Waals surface area contributed by atoms with Gasteiger partial charge in [-0.05, 0) is 93.3 Å². The van der Waals surface area contributed by atoms with Crippen molar-refractivity contribution in [3.8, 4) is 0 Å². The molecular formula is C32H50O4. The highest BCUT2D eigenvalue weighted by atomic mass is 16.3. The third-order valence-corrected chi connectivity index (χ3v) is 10.3. The third-order valence-electron chi connectivity index (χ3n) is 10.3. The highest BCUT2D eigenvalue weighted by molar-refractivity contribution is 5.88. The maximum Gasteiger partial charge on any atom is 0.141 e. The Morgan fingerprint density at radius 2 is 1.81 bits per heavy atom. The summed E-state index contributed by atoms with van der Waals surface area (Å²) in [6.07, 6.45) is 19.1. The summed E-state index contributed by atoms with van der Waals surface area (Å²) in [6.45, 7) is 9.22. The molecule has 0 saturated heterocycles. The second kappa shape index (κ2) is 10.9. The monoisotopic (exact) mass is 498 g/mol. The topological polar surface area (TPSA) is 77.8 Å². The lowest BCUT2D eigenvalue weighted by atomic mass is 9.57. The number of carbonyl (C=O) groups is 1. The first-order valence-electron chi connectivity index (χ1n) is 14.7. The molecule has 4 aliphatic rings. The molecule has 4 aliphatic carbocycles. The number of ketones is 1. The molecule has 0 unspecified atom stereocenters. The summed E-state index contributed by atoms with van der Waals surface area (Å²) in [5.41, 5.74) is 2.35. The maximum absolute atomic E-state index is 12.8. The van der Waals surface area contributed by atoms with Crippen LogP contribution in [0.25, 0.3) is 0 Å². The molecule has 0 heterocycles. The van der Waals surface area contributed by atoms with Gasteiger partial charge in [0.25, 0.3) is 0 Å². The van der Waals surface area contributed by atoms with Crippen LogP contribution in [0.3, 0.4) is 0 Å². The van der Waals surface area contributed by atoms with Crippen LogP contribution in [-0.4, -0.2) is 39.4 Å². The van der Waals surface area contributed by atoms with Crippen LogP contribution in [0.4, 0.5) is 0 Å². The second-order valence-electron chi connectivity index (χ2n) is 13.4. The van der Waals surface area contributed by atoms with Gasteiger partial charge in [-0.25, -0.2) is 0 Å². The van der Waals surface area contributed by atoms with E-state index in [-0.39, 0.29) is 16.6 Å². The number of hydrogen-bond donors (Lipinski definition) is 3. The standard InChI is InChI=1S/C32H50O4/c1-5-6-9-28(35)32(17-18-32)29(36)14-16-30(2,3)27-13-12-26-23(8-7-15-31(26,27)4)11-10-22-19-24(33)21-25(34)20-22/h10-11,14,16,24-27,29,33-34,36H,5-9,12-13,15,17-21H2,1-4H3/t24-,25-,26+,27-,29+,31+/m1/s1. The molecule has 36 heavy (non-hydrogen) atoms. The minimum atomic E-state index is -0.666. The summed E-state index contributed by atoms with van der Waals surface area (Å²) in [5.74, 6) is 1.34. The fraction of sp³-hybridized carbons (Fsp3) is 0.781. The predicted octanol–water partition coefficient (Wildman–Crippen LogP) is 6.44. The number of carbonyl (C=O) groups excluding carboxylic acids is 1. The van der Waals surface area contributed by atoms with Crippen molar-refractivity contribution in [3.63, 3.8) is 0 Å². The first-order valence-corrected chi connectivity index (χ1v) is 14.7. The molecule has 4 rings (SSSR count). The Balaban J connectivity index is 1.46. The molecule has 0 aliphatic heterocycles. The van der Waals surface area contributed by atoms with E-state index in [9.17, 15) is 20.1 Å². The van der Waals surface area contributed by atoms with Crippen LogP contribution in [0, 0.1) is 28.1 Å². The Bertz CT molecular complexity index is 880. The van der Waals surface area contributed by atoms with Crippen molar-refractivity contribution in [2.24, 2.45) is 28.1 Å². The summed E-state index contributed by atoms with van der Waals surface area (Å²) in [4.78, 5) is 12.8. The normalized spacial score (nSPS) is 36.2. The molecule has 4 saturated carbocycles. The fourth-order valence-corrected chi connectivity index (χ4v) is 8.09. The van der Waals surface area contributed by atoms with Crippen LogP contribution in [0.15, 0.2) is 35.5 Å². The lowest BCUT2D eigenvalue weighted by Gasteiger charge is -2.47. The number of fused-ring (bicyclic) bond motifs is 1. The lowest BCUT2D eigenvalue weighted by Crippen LogP contribution is -2.39. The molecule has 0 amide bonds. The Labute approximate surface area is 219 Å². The van der Waals surface area contributed by atoms with E-state index in [4.69, 9.17) is 0 Å². The Kier molecular flexibility index (Phi) is 8.39. The van der Waals surface area contributed by atoms with E-state index in [1.807, 2.05) is 6.08 Å². The van der Waals surface area contributed by atoms with Crippen molar-refractivity contribution in [3.05, 3.63) is 35.5 Å². The largest absolute Gasteiger partial charge is 0.393 e. The number of unbranched alkanes of at least 4 members (excludes halogenated alkanes) is 1. The Morgan fingerprint density at radius 3 is 2.44 bits per heavy atom. The van der Waals surface area contributed by atoms with Crippen molar-refractivity contribution in [1.29, 1.82) is 0 Å². The zero-order valence-corrected chi connectivity index (χ0v) is 23.1. The van der Waals surface area contributed by atoms with Gasteiger partial charge in [0.2, 0.25) is 0 Å². The van der Waals surface area contributed by atoms with Crippen molar-refractivity contribution in [2.75, 3.05) is 0 Å². The SMILES string of the molecule is CCCCC(=O)C1([C@@H](O)C=CC(C)(C)[C@H]2CC[C@H]3C(=CC=C4C[C@@H](O)C[C@H](O)C4)CCC[C@]23C)CC1. The second-order valence-corrected chi connectivity index (χ2v) is 13.4. The fourth-order valence-electron chi connectivity index (χ4n) is 8.09. The predicted molar refractivity (Wildman–Crippen MR) is 145 cm³/mol. The van der Waals surface area contributed by atoms with E-state index in [2.05, 4.69) is 45.9 Å². The molecule has 202 valence electrons. The van der Waals surface area contributed by atoms with Crippen LogP contribution < -0.4 is 0 Å². The maximum atomic E-state index is 12.8. The number of aliphatic hydroxyl groups is 3. The van der Waals surface area contributed by atoms with Gasteiger partial charge in [-0.1, -0.05) is 69.6 Å². The van der Waals surface area contributed by atoms with Crippen LogP contribution >= 0.6 is 0 Å². The average molecular weight is 499 g/mol. The van der Waals surface area contributed by atoms with E-state index >= 15 is 0 Å². The van der Waals surface area contributed by atoms with E-state index in [0.717, 1.165) is 37.7 Å². The number of hydrogen-bond acceptors (Lipinski definition) is 4. The van der Waals surface area contributed by atoms with Crippen LogP contribution in [0.1, 0.15) is 111 Å². The first kappa shape index (κ1) is 27.8. The number of aliphatic hydroxyl groups excluding tert-OH is 3. The van der Waals surface area contributed by atoms with Gasteiger partial charge >= 0.3 is 0 Å². The van der Waals surface area contributed by atoms with E-state index < -0.39 is 23.7 Å². The summed E-state index contributed by atoms with van der Waals surface area (Å²) >= 11 is 0. The van der Waals surface area contributed by atoms with Gasteiger partial charge in [0.15, 0.2) is 0 Å². The molecule has 4 nitrogen and oxygen atoms in total. The molecule has 3 N–H and O–H groups in total. The van der Waals surface area contributed by atoms with Gasteiger partial charge in [-0.2, -0.15) is 0 Å². The summed E-state index contributed by atoms with van der Waals surface area (Å²) < 4.78 is 0. The van der Waals surface area contributed by atoms with E-state index in [0.29, 0.717) is 37.5 Å². The molecule has 0 radical (unpaired) electrons. The Morgan fingerprint density at radius 1 is 1.11 bits per heavy atom. The lowest BCUT2D eigenvalue weighted by molar-refractivity contribution is -0.127. The van der Waals surface area contributed by atoms with Gasteiger partial charge in [0.1, 0.15) is 5.78 Å². The molecule has 4 fully saturated rings. The van der Waals surface area contributed by atoms with Crippen molar-refractivity contribution >= 4 is 5.78 Å². The van der Waals surface area contributed by atoms with Crippen molar-refractivity contribution < 1.29 is 20.1 Å². The summed E-state index contributed by atoms with van der Waals surface area (Å²) in [5, 5.41) is 31.1. The van der Waals surface area contributed by atoms with E-state index in [1.54, 1.807) is 0 Å². The zero-order chi connectivity index (χ0) is 26.1. The van der Waals surface area contributed by atoms with Crippen molar-refractivity contribution in [1.82, 2.24) is 0 Å². The number of rotatable bonds is 9. The molecular weight excluding hydrogens is 448 g/mol. The highest BCUT2D eigenvalue weighted by Gasteiger charge is 2.55. The van der Waals surface area contributed by atoms with Crippen LogP contribution in [-0.2, 0) is 4.79 Å². The minimum absolute atomic E-state index is 0.0501. The van der Waals surface area contributed by atoms with Gasteiger partial charge in [0.05, 0.1) is 23.7 Å². The average Bonchev–Trinajstić information content (AvgIpc) is 3.55. The van der Waals surface area contributed by atoms with Gasteiger partial charge in [0, 0.05) is 6.42 Å². The highest BCUT2D eigenvalue weighted by Crippen LogP contribution is 2.62.